The maximum absolute atomic E-state index is 13.2. The number of aryl methyl sites for hydroxylation is 1. The van der Waals surface area contributed by atoms with E-state index in [-0.39, 0.29) is 11.5 Å². The van der Waals surface area contributed by atoms with Gasteiger partial charge in [0.2, 0.25) is 10.0 Å². The van der Waals surface area contributed by atoms with Gasteiger partial charge in [-0.1, -0.05) is 25.1 Å². The SMILES string of the molecule is CCc1cn(C[C@@H](CCO)N(C)S(=O)(=O)c2ccc(F)cc2)c2ccccc12. The Morgan fingerprint density at radius 2 is 1.82 bits per heavy atom. The quantitative estimate of drug-likeness (QED) is 0.626. The first kappa shape index (κ1) is 20.5. The lowest BCUT2D eigenvalue weighted by molar-refractivity contribution is 0.227. The van der Waals surface area contributed by atoms with Crippen molar-refractivity contribution in [3.05, 3.63) is 66.1 Å². The summed E-state index contributed by atoms with van der Waals surface area (Å²) < 4.78 is 42.5. The van der Waals surface area contributed by atoms with Crippen LogP contribution < -0.4 is 0 Å². The lowest BCUT2D eigenvalue weighted by atomic mass is 10.1. The van der Waals surface area contributed by atoms with E-state index < -0.39 is 21.9 Å². The number of aromatic nitrogens is 1. The smallest absolute Gasteiger partial charge is 0.243 e. The molecule has 2 aromatic carbocycles. The van der Waals surface area contributed by atoms with Crippen molar-refractivity contribution in [3.8, 4) is 0 Å². The topological polar surface area (TPSA) is 62.5 Å². The molecule has 0 amide bonds. The summed E-state index contributed by atoms with van der Waals surface area (Å²) in [5.41, 5.74) is 2.23. The second kappa shape index (κ2) is 8.43. The van der Waals surface area contributed by atoms with Crippen LogP contribution in [0.3, 0.4) is 0 Å². The van der Waals surface area contributed by atoms with Gasteiger partial charge in [0, 0.05) is 43.3 Å². The van der Waals surface area contributed by atoms with Crippen LogP contribution in [-0.2, 0) is 23.0 Å². The van der Waals surface area contributed by atoms with Gasteiger partial charge < -0.3 is 9.67 Å². The standard InChI is InChI=1S/C21H25FN2O3S/c1-3-16-14-24(21-7-5-4-6-20(16)21)15-18(12-13-25)23(2)28(26,27)19-10-8-17(22)9-11-19/h4-11,14,18,25H,3,12-13,15H2,1-2H3/t18-/m1/s1. The summed E-state index contributed by atoms with van der Waals surface area (Å²) in [5, 5.41) is 10.7. The van der Waals surface area contributed by atoms with E-state index in [1.165, 1.54) is 29.0 Å². The van der Waals surface area contributed by atoms with Gasteiger partial charge in [-0.05, 0) is 48.7 Å². The molecule has 0 fully saturated rings. The van der Waals surface area contributed by atoms with Crippen LogP contribution in [0.25, 0.3) is 10.9 Å². The summed E-state index contributed by atoms with van der Waals surface area (Å²) in [6, 6.07) is 12.4. The summed E-state index contributed by atoms with van der Waals surface area (Å²) in [6.45, 7) is 2.37. The molecule has 0 aliphatic heterocycles. The number of rotatable bonds is 8. The molecule has 150 valence electrons. The van der Waals surface area contributed by atoms with E-state index in [1.807, 2.05) is 29.0 Å². The van der Waals surface area contributed by atoms with Crippen LogP contribution >= 0.6 is 0 Å². The van der Waals surface area contributed by atoms with Gasteiger partial charge in [0.1, 0.15) is 5.82 Å². The minimum Gasteiger partial charge on any atom is -0.396 e. The lowest BCUT2D eigenvalue weighted by Crippen LogP contribution is -2.40. The van der Waals surface area contributed by atoms with Crippen LogP contribution in [0.2, 0.25) is 0 Å². The Morgan fingerprint density at radius 3 is 2.46 bits per heavy atom. The first-order valence-electron chi connectivity index (χ1n) is 9.29. The molecule has 0 saturated heterocycles. The van der Waals surface area contributed by atoms with E-state index in [0.29, 0.717) is 13.0 Å². The highest BCUT2D eigenvalue weighted by molar-refractivity contribution is 7.89. The summed E-state index contributed by atoms with van der Waals surface area (Å²) in [5.74, 6) is -0.487. The molecule has 28 heavy (non-hydrogen) atoms. The Balaban J connectivity index is 1.94. The molecule has 3 aromatic rings. The predicted octanol–water partition coefficient (Wildman–Crippen LogP) is 3.41. The third kappa shape index (κ3) is 3.97. The second-order valence-electron chi connectivity index (χ2n) is 6.82. The third-order valence-electron chi connectivity index (χ3n) is 5.13. The molecule has 0 aliphatic rings. The molecule has 7 heteroatoms. The molecule has 5 nitrogen and oxygen atoms in total. The number of benzene rings is 2. The van der Waals surface area contributed by atoms with Gasteiger partial charge in [-0.3, -0.25) is 0 Å². The van der Waals surface area contributed by atoms with E-state index in [1.54, 1.807) is 0 Å². The van der Waals surface area contributed by atoms with E-state index in [9.17, 15) is 17.9 Å². The van der Waals surface area contributed by atoms with Crippen molar-refractivity contribution in [3.63, 3.8) is 0 Å². The van der Waals surface area contributed by atoms with Gasteiger partial charge in [0.05, 0.1) is 4.90 Å². The molecule has 1 heterocycles. The van der Waals surface area contributed by atoms with Crippen molar-refractivity contribution in [2.45, 2.75) is 37.2 Å². The van der Waals surface area contributed by atoms with Crippen molar-refractivity contribution in [2.24, 2.45) is 0 Å². The third-order valence-corrected chi connectivity index (χ3v) is 7.05. The number of nitrogens with zero attached hydrogens (tertiary/aromatic N) is 2. The fourth-order valence-electron chi connectivity index (χ4n) is 3.49. The normalized spacial score (nSPS) is 13.3. The maximum atomic E-state index is 13.2. The zero-order valence-electron chi connectivity index (χ0n) is 16.0. The Labute approximate surface area is 165 Å². The zero-order valence-corrected chi connectivity index (χ0v) is 16.9. The van der Waals surface area contributed by atoms with Crippen molar-refractivity contribution < 1.29 is 17.9 Å². The van der Waals surface area contributed by atoms with Crippen LogP contribution in [0.15, 0.2) is 59.6 Å². The van der Waals surface area contributed by atoms with Crippen molar-refractivity contribution in [1.82, 2.24) is 8.87 Å². The van der Waals surface area contributed by atoms with Crippen LogP contribution in [0.5, 0.6) is 0 Å². The van der Waals surface area contributed by atoms with E-state index >= 15 is 0 Å². The first-order chi connectivity index (χ1) is 13.4. The fourth-order valence-corrected chi connectivity index (χ4v) is 4.87. The first-order valence-corrected chi connectivity index (χ1v) is 10.7. The molecule has 0 radical (unpaired) electrons. The molecule has 1 atom stereocenters. The van der Waals surface area contributed by atoms with Gasteiger partial charge in [0.25, 0.3) is 0 Å². The highest BCUT2D eigenvalue weighted by Gasteiger charge is 2.28. The molecule has 1 aromatic heterocycles. The molecular formula is C21H25FN2O3S. The van der Waals surface area contributed by atoms with Gasteiger partial charge in [-0.15, -0.1) is 0 Å². The number of likely N-dealkylation sites (N-methyl/N-ethyl adjacent to an activating group) is 1. The van der Waals surface area contributed by atoms with Gasteiger partial charge in [0.15, 0.2) is 0 Å². The maximum Gasteiger partial charge on any atom is 0.243 e. The molecule has 0 spiro atoms. The van der Waals surface area contributed by atoms with Crippen LogP contribution in [0, 0.1) is 5.82 Å². The fraction of sp³-hybridized carbons (Fsp3) is 0.333. The largest absolute Gasteiger partial charge is 0.396 e. The summed E-state index contributed by atoms with van der Waals surface area (Å²) >= 11 is 0. The minimum absolute atomic E-state index is 0.0333. The van der Waals surface area contributed by atoms with Crippen LogP contribution in [0.4, 0.5) is 4.39 Å². The van der Waals surface area contributed by atoms with Crippen molar-refractivity contribution in [2.75, 3.05) is 13.7 Å². The zero-order chi connectivity index (χ0) is 20.3. The summed E-state index contributed by atoms with van der Waals surface area (Å²) in [4.78, 5) is 0.0333. The number of aliphatic hydroxyl groups is 1. The number of hydrogen-bond acceptors (Lipinski definition) is 3. The monoisotopic (exact) mass is 404 g/mol. The molecular weight excluding hydrogens is 379 g/mol. The molecule has 1 N–H and O–H groups in total. The number of fused-ring (bicyclic) bond motifs is 1. The Bertz CT molecular complexity index is 1050. The number of halogens is 1. The van der Waals surface area contributed by atoms with Gasteiger partial charge >= 0.3 is 0 Å². The van der Waals surface area contributed by atoms with Crippen LogP contribution in [-0.4, -0.2) is 42.1 Å². The average Bonchev–Trinajstić information content (AvgIpc) is 3.05. The Hall–Kier alpha value is -2.22. The molecule has 0 unspecified atom stereocenters. The minimum atomic E-state index is -3.81. The lowest BCUT2D eigenvalue weighted by Gasteiger charge is -2.28. The van der Waals surface area contributed by atoms with E-state index in [0.717, 1.165) is 29.5 Å². The predicted molar refractivity (Wildman–Crippen MR) is 108 cm³/mol. The number of para-hydroxylation sites is 1. The van der Waals surface area contributed by atoms with E-state index in [2.05, 4.69) is 13.0 Å². The second-order valence-corrected chi connectivity index (χ2v) is 8.82. The van der Waals surface area contributed by atoms with Crippen molar-refractivity contribution in [1.29, 1.82) is 0 Å². The number of hydrogen-bond donors (Lipinski definition) is 1. The van der Waals surface area contributed by atoms with Crippen molar-refractivity contribution >= 4 is 20.9 Å². The Morgan fingerprint density at radius 1 is 1.14 bits per heavy atom. The average molecular weight is 405 g/mol. The summed E-state index contributed by atoms with van der Waals surface area (Å²) in [6.07, 6.45) is 3.22. The highest BCUT2D eigenvalue weighted by atomic mass is 32.2. The number of aliphatic hydroxyl groups excluding tert-OH is 1. The molecule has 0 bridgehead atoms. The number of sulfonamides is 1. The van der Waals surface area contributed by atoms with E-state index in [4.69, 9.17) is 0 Å². The molecule has 3 rings (SSSR count). The summed E-state index contributed by atoms with van der Waals surface area (Å²) in [7, 11) is -2.30. The van der Waals surface area contributed by atoms with Gasteiger partial charge in [-0.25, -0.2) is 12.8 Å². The molecule has 0 aliphatic carbocycles. The molecule has 0 saturated carbocycles. The van der Waals surface area contributed by atoms with Gasteiger partial charge in [-0.2, -0.15) is 4.31 Å². The highest BCUT2D eigenvalue weighted by Crippen LogP contribution is 2.25. The Kier molecular flexibility index (Phi) is 6.17. The van der Waals surface area contributed by atoms with Crippen LogP contribution in [0.1, 0.15) is 18.9 Å².